The first-order chi connectivity index (χ1) is 14.2. The summed E-state index contributed by atoms with van der Waals surface area (Å²) in [7, 11) is 0. The molecule has 4 aromatic rings. The molecule has 1 amide bonds. The molecule has 1 aliphatic heterocycles. The minimum atomic E-state index is -0.0990. The number of benzene rings is 2. The van der Waals surface area contributed by atoms with Crippen molar-refractivity contribution in [1.82, 2.24) is 25.1 Å². The Morgan fingerprint density at radius 3 is 2.86 bits per heavy atom. The van der Waals surface area contributed by atoms with E-state index >= 15 is 0 Å². The maximum atomic E-state index is 13.3. The summed E-state index contributed by atoms with van der Waals surface area (Å²) < 4.78 is 0. The van der Waals surface area contributed by atoms with Crippen molar-refractivity contribution in [1.29, 1.82) is 0 Å². The van der Waals surface area contributed by atoms with Gasteiger partial charge >= 0.3 is 0 Å². The van der Waals surface area contributed by atoms with Crippen LogP contribution in [0.2, 0.25) is 0 Å². The maximum absolute atomic E-state index is 13.3. The lowest BCUT2D eigenvalue weighted by Gasteiger charge is -2.32. The van der Waals surface area contributed by atoms with Crippen molar-refractivity contribution in [2.75, 3.05) is 6.54 Å². The van der Waals surface area contributed by atoms with Gasteiger partial charge in [-0.2, -0.15) is 5.10 Å². The number of amides is 1. The van der Waals surface area contributed by atoms with Crippen LogP contribution in [0.25, 0.3) is 11.1 Å². The second-order valence-electron chi connectivity index (χ2n) is 7.17. The first kappa shape index (κ1) is 17.2. The molecule has 0 fully saturated rings. The second-order valence-corrected chi connectivity index (χ2v) is 7.17. The van der Waals surface area contributed by atoms with Gasteiger partial charge < -0.3 is 15.0 Å². The smallest absolute Gasteiger partial charge is 0.254 e. The van der Waals surface area contributed by atoms with Crippen LogP contribution >= 0.6 is 0 Å². The van der Waals surface area contributed by atoms with Crippen LogP contribution in [0, 0.1) is 0 Å². The number of carbonyl (C=O) groups is 1. The summed E-state index contributed by atoms with van der Waals surface area (Å²) >= 11 is 0. The topological polar surface area (TPSA) is 97.9 Å². The van der Waals surface area contributed by atoms with Crippen molar-refractivity contribution < 1.29 is 9.90 Å². The molecule has 0 spiro atoms. The van der Waals surface area contributed by atoms with Gasteiger partial charge in [-0.05, 0) is 35.4 Å². The molecule has 0 saturated carbocycles. The number of nitrogens with zero attached hydrogens (tertiary/aromatic N) is 3. The lowest BCUT2D eigenvalue weighted by molar-refractivity contribution is 0.0722. The highest BCUT2D eigenvalue weighted by atomic mass is 16.3. The summed E-state index contributed by atoms with van der Waals surface area (Å²) in [6.07, 6.45) is 5.20. The van der Waals surface area contributed by atoms with Crippen LogP contribution in [-0.4, -0.2) is 42.6 Å². The standard InChI is InChI=1S/C22H19N5O2/c28-18-6-2-4-15(8-18)19-11-27(12-20-21(19)24-13-23-20)22(29)16-5-1-3-14(7-16)17-9-25-26-10-17/h1-10,13,19,28H,11-12H2,(H,23,24)(H,25,26). The first-order valence-corrected chi connectivity index (χ1v) is 9.38. The summed E-state index contributed by atoms with van der Waals surface area (Å²) in [5, 5.41) is 16.7. The number of imidazole rings is 1. The van der Waals surface area contributed by atoms with Crippen LogP contribution in [0.3, 0.4) is 0 Å². The van der Waals surface area contributed by atoms with Gasteiger partial charge in [0.2, 0.25) is 0 Å². The lowest BCUT2D eigenvalue weighted by Crippen LogP contribution is -2.38. The van der Waals surface area contributed by atoms with Gasteiger partial charge in [-0.15, -0.1) is 0 Å². The van der Waals surface area contributed by atoms with E-state index in [1.807, 2.05) is 41.3 Å². The van der Waals surface area contributed by atoms with E-state index in [9.17, 15) is 9.90 Å². The van der Waals surface area contributed by atoms with E-state index in [1.54, 1.807) is 30.9 Å². The molecule has 1 aliphatic rings. The number of phenolic OH excluding ortho intramolecular Hbond substituents is 1. The minimum absolute atomic E-state index is 0.0410. The molecule has 29 heavy (non-hydrogen) atoms. The highest BCUT2D eigenvalue weighted by Gasteiger charge is 2.32. The minimum Gasteiger partial charge on any atom is -0.508 e. The van der Waals surface area contributed by atoms with Gasteiger partial charge in [0.1, 0.15) is 5.75 Å². The Morgan fingerprint density at radius 1 is 1.14 bits per heavy atom. The molecule has 0 saturated heterocycles. The monoisotopic (exact) mass is 385 g/mol. The van der Waals surface area contributed by atoms with Crippen LogP contribution < -0.4 is 0 Å². The zero-order valence-electron chi connectivity index (χ0n) is 15.5. The zero-order chi connectivity index (χ0) is 19.8. The summed E-state index contributed by atoms with van der Waals surface area (Å²) in [6, 6.07) is 14.7. The van der Waals surface area contributed by atoms with Crippen LogP contribution in [0.4, 0.5) is 0 Å². The number of H-pyrrole nitrogens is 2. The normalized spacial score (nSPS) is 15.9. The molecule has 1 atom stereocenters. The van der Waals surface area contributed by atoms with Crippen LogP contribution in [0.5, 0.6) is 5.75 Å². The fraction of sp³-hybridized carbons (Fsp3) is 0.136. The van der Waals surface area contributed by atoms with Gasteiger partial charge in [0.25, 0.3) is 5.91 Å². The SMILES string of the molecule is O=C(c1cccc(-c2cn[nH]c2)c1)N1Cc2[nH]cnc2C(c2cccc(O)c2)C1. The molecule has 7 heteroatoms. The van der Waals surface area contributed by atoms with E-state index in [4.69, 9.17) is 0 Å². The van der Waals surface area contributed by atoms with Crippen molar-refractivity contribution in [2.45, 2.75) is 12.5 Å². The zero-order valence-corrected chi connectivity index (χ0v) is 15.5. The highest BCUT2D eigenvalue weighted by Crippen LogP contribution is 2.33. The van der Waals surface area contributed by atoms with Crippen LogP contribution in [0.15, 0.2) is 67.3 Å². The van der Waals surface area contributed by atoms with Gasteiger partial charge in [0.15, 0.2) is 0 Å². The average molecular weight is 385 g/mol. The van der Waals surface area contributed by atoms with E-state index < -0.39 is 0 Å². The van der Waals surface area contributed by atoms with E-state index in [0.717, 1.165) is 28.1 Å². The largest absolute Gasteiger partial charge is 0.508 e. The summed E-state index contributed by atoms with van der Waals surface area (Å²) in [4.78, 5) is 22.8. The molecule has 144 valence electrons. The molecular weight excluding hydrogens is 366 g/mol. The van der Waals surface area contributed by atoms with Gasteiger partial charge in [0, 0.05) is 29.8 Å². The highest BCUT2D eigenvalue weighted by molar-refractivity contribution is 5.95. The van der Waals surface area contributed by atoms with Gasteiger partial charge in [0.05, 0.1) is 30.5 Å². The van der Waals surface area contributed by atoms with Crippen molar-refractivity contribution >= 4 is 5.91 Å². The molecule has 0 aliphatic carbocycles. The van der Waals surface area contributed by atoms with E-state index in [0.29, 0.717) is 18.7 Å². The number of carbonyl (C=O) groups excluding carboxylic acids is 1. The number of phenols is 1. The molecule has 2 aromatic carbocycles. The molecule has 0 bridgehead atoms. The van der Waals surface area contributed by atoms with E-state index in [1.165, 1.54) is 0 Å². The Morgan fingerprint density at radius 2 is 2.03 bits per heavy atom. The number of hydrogen-bond donors (Lipinski definition) is 3. The molecule has 1 unspecified atom stereocenters. The quantitative estimate of drug-likeness (QED) is 0.504. The molecular formula is C22H19N5O2. The Kier molecular flexibility index (Phi) is 4.13. The number of aromatic amines is 2. The Hall–Kier alpha value is -3.87. The average Bonchev–Trinajstić information content (AvgIpc) is 3.44. The summed E-state index contributed by atoms with van der Waals surface area (Å²) in [5.74, 6) is 0.0645. The molecule has 3 N–H and O–H groups in total. The maximum Gasteiger partial charge on any atom is 0.254 e. The first-order valence-electron chi connectivity index (χ1n) is 9.38. The Balaban J connectivity index is 1.48. The van der Waals surface area contributed by atoms with E-state index in [-0.39, 0.29) is 17.6 Å². The van der Waals surface area contributed by atoms with Crippen molar-refractivity contribution in [3.05, 3.63) is 89.8 Å². The number of hydrogen-bond acceptors (Lipinski definition) is 4. The fourth-order valence-corrected chi connectivity index (χ4v) is 3.90. The number of aromatic hydroxyl groups is 1. The molecule has 0 radical (unpaired) electrons. The summed E-state index contributed by atoms with van der Waals surface area (Å²) in [6.45, 7) is 0.968. The summed E-state index contributed by atoms with van der Waals surface area (Å²) in [5.41, 5.74) is 5.28. The number of fused-ring (bicyclic) bond motifs is 1. The van der Waals surface area contributed by atoms with Crippen LogP contribution in [-0.2, 0) is 6.54 Å². The lowest BCUT2D eigenvalue weighted by atomic mass is 9.90. The van der Waals surface area contributed by atoms with Crippen molar-refractivity contribution in [3.63, 3.8) is 0 Å². The molecule has 3 heterocycles. The Bertz CT molecular complexity index is 1170. The Labute approximate surface area is 167 Å². The number of aromatic nitrogens is 4. The predicted octanol–water partition coefficient (Wildman–Crippen LogP) is 3.29. The molecule has 5 rings (SSSR count). The third-order valence-electron chi connectivity index (χ3n) is 5.33. The third kappa shape index (κ3) is 3.16. The predicted molar refractivity (Wildman–Crippen MR) is 107 cm³/mol. The number of nitrogens with one attached hydrogen (secondary N) is 2. The fourth-order valence-electron chi connectivity index (χ4n) is 3.90. The van der Waals surface area contributed by atoms with Crippen molar-refractivity contribution in [2.24, 2.45) is 0 Å². The number of rotatable bonds is 3. The van der Waals surface area contributed by atoms with Gasteiger partial charge in [-0.25, -0.2) is 4.98 Å². The van der Waals surface area contributed by atoms with Crippen molar-refractivity contribution in [3.8, 4) is 16.9 Å². The van der Waals surface area contributed by atoms with E-state index in [2.05, 4.69) is 20.2 Å². The second kappa shape index (κ2) is 6.94. The van der Waals surface area contributed by atoms with Gasteiger partial charge in [-0.3, -0.25) is 9.89 Å². The molecule has 7 nitrogen and oxygen atoms in total. The third-order valence-corrected chi connectivity index (χ3v) is 5.33. The van der Waals surface area contributed by atoms with Crippen LogP contribution in [0.1, 0.15) is 33.2 Å². The molecule has 2 aromatic heterocycles. The van der Waals surface area contributed by atoms with Gasteiger partial charge in [-0.1, -0.05) is 24.3 Å².